The number of benzene rings is 2. The van der Waals surface area contributed by atoms with Crippen LogP contribution in [0.2, 0.25) is 0 Å². The van der Waals surface area contributed by atoms with Crippen LogP contribution in [0.4, 0.5) is 5.69 Å². The van der Waals surface area contributed by atoms with Gasteiger partial charge in [0.25, 0.3) is 5.91 Å². The van der Waals surface area contributed by atoms with E-state index in [0.29, 0.717) is 5.69 Å². The summed E-state index contributed by atoms with van der Waals surface area (Å²) in [6, 6.07) is 12.2. The van der Waals surface area contributed by atoms with Crippen LogP contribution in [0.25, 0.3) is 10.8 Å². The number of ether oxygens (including phenoxy) is 1. The molecule has 3 aromatic rings. The van der Waals surface area contributed by atoms with E-state index in [1.807, 2.05) is 43.3 Å². The van der Waals surface area contributed by atoms with E-state index in [1.54, 1.807) is 6.92 Å². The number of hydrogen-bond donors (Lipinski definition) is 0. The van der Waals surface area contributed by atoms with E-state index < -0.39 is 17.9 Å². The van der Waals surface area contributed by atoms with Gasteiger partial charge in [-0.3, -0.25) is 9.69 Å². The second kappa shape index (κ2) is 6.76. The Morgan fingerprint density at radius 3 is 2.60 bits per heavy atom. The third-order valence-corrected chi connectivity index (χ3v) is 4.14. The fourth-order valence-corrected chi connectivity index (χ4v) is 2.88. The summed E-state index contributed by atoms with van der Waals surface area (Å²) in [6.07, 6.45) is 1.39. The molecule has 0 N–H and O–H groups in total. The highest BCUT2D eigenvalue weighted by molar-refractivity contribution is 6.13. The molecule has 0 aliphatic carbocycles. The van der Waals surface area contributed by atoms with Crippen molar-refractivity contribution in [2.45, 2.75) is 19.9 Å². The molecular formula is C19H18N2O4. The van der Waals surface area contributed by atoms with Crippen LogP contribution in [0.15, 0.2) is 53.2 Å². The first-order valence-corrected chi connectivity index (χ1v) is 7.85. The van der Waals surface area contributed by atoms with E-state index in [2.05, 4.69) is 5.16 Å². The minimum atomic E-state index is -0.827. The lowest BCUT2D eigenvalue weighted by Gasteiger charge is -2.29. The Hall–Kier alpha value is -3.15. The molecule has 1 aromatic heterocycles. The van der Waals surface area contributed by atoms with E-state index in [-0.39, 0.29) is 5.76 Å². The fourth-order valence-electron chi connectivity index (χ4n) is 2.88. The Morgan fingerprint density at radius 1 is 1.16 bits per heavy atom. The lowest BCUT2D eigenvalue weighted by atomic mass is 10.0. The number of esters is 1. The van der Waals surface area contributed by atoms with Gasteiger partial charge in [0.2, 0.25) is 5.76 Å². The van der Waals surface area contributed by atoms with Crippen LogP contribution in [0.5, 0.6) is 0 Å². The van der Waals surface area contributed by atoms with Gasteiger partial charge in [-0.25, -0.2) is 4.79 Å². The SMILES string of the molecule is COC(=O)[C@H](C)N(C(=O)c1ccno1)c1c(C)ccc2ccccc12. The maximum atomic E-state index is 13.0. The summed E-state index contributed by atoms with van der Waals surface area (Å²) in [5.41, 5.74) is 1.51. The highest BCUT2D eigenvalue weighted by Gasteiger charge is 2.32. The van der Waals surface area contributed by atoms with Crippen LogP contribution in [0.3, 0.4) is 0 Å². The monoisotopic (exact) mass is 338 g/mol. The van der Waals surface area contributed by atoms with Gasteiger partial charge in [-0.2, -0.15) is 0 Å². The Balaban J connectivity index is 2.23. The van der Waals surface area contributed by atoms with Crippen LogP contribution < -0.4 is 4.90 Å². The Bertz CT molecular complexity index is 918. The van der Waals surface area contributed by atoms with Gasteiger partial charge in [0, 0.05) is 11.5 Å². The van der Waals surface area contributed by atoms with Crippen molar-refractivity contribution in [1.82, 2.24) is 5.16 Å². The summed E-state index contributed by atoms with van der Waals surface area (Å²) in [6.45, 7) is 3.52. The largest absolute Gasteiger partial charge is 0.467 e. The Morgan fingerprint density at radius 2 is 1.92 bits per heavy atom. The topological polar surface area (TPSA) is 72.6 Å². The molecule has 0 saturated heterocycles. The normalized spacial score (nSPS) is 12.0. The lowest BCUT2D eigenvalue weighted by molar-refractivity contribution is -0.141. The minimum Gasteiger partial charge on any atom is -0.467 e. The van der Waals surface area contributed by atoms with Gasteiger partial charge in [-0.05, 0) is 24.8 Å². The van der Waals surface area contributed by atoms with E-state index in [4.69, 9.17) is 9.26 Å². The number of hydrogen-bond acceptors (Lipinski definition) is 5. The molecule has 0 saturated carbocycles. The average molecular weight is 338 g/mol. The Kier molecular flexibility index (Phi) is 4.52. The lowest BCUT2D eigenvalue weighted by Crippen LogP contribution is -2.44. The molecule has 1 atom stereocenters. The van der Waals surface area contributed by atoms with Gasteiger partial charge in [-0.1, -0.05) is 41.6 Å². The van der Waals surface area contributed by atoms with Crippen molar-refractivity contribution in [3.63, 3.8) is 0 Å². The summed E-state index contributed by atoms with van der Waals surface area (Å²) in [7, 11) is 1.30. The van der Waals surface area contributed by atoms with Gasteiger partial charge in [0.05, 0.1) is 19.0 Å². The molecule has 0 radical (unpaired) electrons. The van der Waals surface area contributed by atoms with Gasteiger partial charge in [-0.15, -0.1) is 0 Å². The van der Waals surface area contributed by atoms with Crippen molar-refractivity contribution in [3.05, 3.63) is 60.0 Å². The molecule has 1 heterocycles. The summed E-state index contributed by atoms with van der Waals surface area (Å²) in [5, 5.41) is 5.42. The second-order valence-corrected chi connectivity index (χ2v) is 5.70. The van der Waals surface area contributed by atoms with Crippen LogP contribution >= 0.6 is 0 Å². The van der Waals surface area contributed by atoms with Crippen molar-refractivity contribution in [3.8, 4) is 0 Å². The molecule has 0 unspecified atom stereocenters. The van der Waals surface area contributed by atoms with Crippen molar-refractivity contribution in [2.24, 2.45) is 0 Å². The van der Waals surface area contributed by atoms with Gasteiger partial charge >= 0.3 is 5.97 Å². The van der Waals surface area contributed by atoms with Gasteiger partial charge in [0.1, 0.15) is 6.04 Å². The Labute approximate surface area is 145 Å². The van der Waals surface area contributed by atoms with Crippen LogP contribution in [0.1, 0.15) is 23.0 Å². The van der Waals surface area contributed by atoms with Gasteiger partial charge in [0.15, 0.2) is 0 Å². The average Bonchev–Trinajstić information content (AvgIpc) is 3.17. The number of methoxy groups -OCH3 is 1. The molecule has 128 valence electrons. The standard InChI is InChI=1S/C19H18N2O4/c1-12-8-9-14-6-4-5-7-15(14)17(12)21(13(2)19(23)24-3)18(22)16-10-11-20-25-16/h4-11,13H,1-3H3/t13-/m0/s1. The maximum absolute atomic E-state index is 13.0. The first-order chi connectivity index (χ1) is 12.0. The third kappa shape index (κ3) is 2.98. The zero-order valence-electron chi connectivity index (χ0n) is 14.2. The number of aryl methyl sites for hydroxylation is 1. The number of carbonyl (C=O) groups excluding carboxylic acids is 2. The molecule has 0 fully saturated rings. The van der Waals surface area contributed by atoms with Crippen molar-refractivity contribution < 1.29 is 18.8 Å². The third-order valence-electron chi connectivity index (χ3n) is 4.14. The summed E-state index contributed by atoms with van der Waals surface area (Å²) in [4.78, 5) is 26.6. The number of amides is 1. The number of anilines is 1. The first-order valence-electron chi connectivity index (χ1n) is 7.85. The van der Waals surface area contributed by atoms with E-state index in [0.717, 1.165) is 16.3 Å². The molecule has 0 aliphatic rings. The zero-order valence-corrected chi connectivity index (χ0v) is 14.2. The molecule has 0 bridgehead atoms. The van der Waals surface area contributed by atoms with E-state index >= 15 is 0 Å². The number of nitrogens with zero attached hydrogens (tertiary/aromatic N) is 2. The summed E-state index contributed by atoms with van der Waals surface area (Å²) in [5.74, 6) is -0.905. The molecule has 2 aromatic carbocycles. The van der Waals surface area contributed by atoms with Crippen molar-refractivity contribution in [1.29, 1.82) is 0 Å². The number of fused-ring (bicyclic) bond motifs is 1. The predicted octanol–water partition coefficient (Wildman–Crippen LogP) is 3.34. The molecule has 6 nitrogen and oxygen atoms in total. The zero-order chi connectivity index (χ0) is 18.0. The predicted molar refractivity (Wildman–Crippen MR) is 93.5 cm³/mol. The molecule has 6 heteroatoms. The molecule has 3 rings (SSSR count). The smallest absolute Gasteiger partial charge is 0.328 e. The van der Waals surface area contributed by atoms with Crippen LogP contribution in [-0.2, 0) is 9.53 Å². The highest BCUT2D eigenvalue weighted by atomic mass is 16.5. The first kappa shape index (κ1) is 16.7. The molecule has 1 amide bonds. The molecule has 25 heavy (non-hydrogen) atoms. The van der Waals surface area contributed by atoms with Crippen LogP contribution in [0, 0.1) is 6.92 Å². The molecule has 0 aliphatic heterocycles. The van der Waals surface area contributed by atoms with E-state index in [1.165, 1.54) is 24.3 Å². The highest BCUT2D eigenvalue weighted by Crippen LogP contribution is 2.33. The van der Waals surface area contributed by atoms with Crippen molar-refractivity contribution in [2.75, 3.05) is 12.0 Å². The van der Waals surface area contributed by atoms with Crippen molar-refractivity contribution >= 4 is 28.3 Å². The van der Waals surface area contributed by atoms with Crippen LogP contribution in [-0.4, -0.2) is 30.2 Å². The number of carbonyl (C=O) groups is 2. The maximum Gasteiger partial charge on any atom is 0.328 e. The summed E-state index contributed by atoms with van der Waals surface area (Å²) >= 11 is 0. The van der Waals surface area contributed by atoms with E-state index in [9.17, 15) is 9.59 Å². The fraction of sp³-hybridized carbons (Fsp3) is 0.211. The number of aromatic nitrogens is 1. The second-order valence-electron chi connectivity index (χ2n) is 5.70. The van der Waals surface area contributed by atoms with Gasteiger partial charge < -0.3 is 9.26 Å². The molecular weight excluding hydrogens is 320 g/mol. The minimum absolute atomic E-state index is 0.0584. The number of rotatable bonds is 4. The summed E-state index contributed by atoms with van der Waals surface area (Å²) < 4.78 is 9.87. The quantitative estimate of drug-likeness (QED) is 0.682. The molecule has 0 spiro atoms.